The van der Waals surface area contributed by atoms with E-state index in [2.05, 4.69) is 5.32 Å². The molecule has 1 atom stereocenters. The van der Waals surface area contributed by atoms with E-state index in [1.807, 2.05) is 19.9 Å². The molecule has 1 aromatic carbocycles. The van der Waals surface area contributed by atoms with Crippen LogP contribution in [0.1, 0.15) is 31.1 Å². The standard InChI is InChI=1S/C16H19ClN2O4/c1-10(2)16(3,9-18)19-14(20)8-23-15(21)12-7-11(17)5-6-13(12)22-4/h5-7,10H,8H2,1-4H3,(H,19,20)/t16-/m1/s1. The van der Waals surface area contributed by atoms with E-state index in [-0.39, 0.29) is 11.5 Å². The van der Waals surface area contributed by atoms with Crippen molar-refractivity contribution in [3.63, 3.8) is 0 Å². The second-order valence-corrected chi connectivity index (χ2v) is 5.87. The van der Waals surface area contributed by atoms with Crippen molar-refractivity contribution in [3.8, 4) is 11.8 Å². The summed E-state index contributed by atoms with van der Waals surface area (Å²) >= 11 is 5.84. The minimum Gasteiger partial charge on any atom is -0.496 e. The predicted molar refractivity (Wildman–Crippen MR) is 85.3 cm³/mol. The average Bonchev–Trinajstić information content (AvgIpc) is 2.52. The third-order valence-electron chi connectivity index (χ3n) is 3.50. The summed E-state index contributed by atoms with van der Waals surface area (Å²) in [5, 5.41) is 12.1. The summed E-state index contributed by atoms with van der Waals surface area (Å²) in [5.41, 5.74) is -0.906. The van der Waals surface area contributed by atoms with Crippen LogP contribution in [0.15, 0.2) is 18.2 Å². The third kappa shape index (κ3) is 4.86. The van der Waals surface area contributed by atoms with Gasteiger partial charge in [0.15, 0.2) is 6.61 Å². The molecular weight excluding hydrogens is 320 g/mol. The van der Waals surface area contributed by atoms with Crippen LogP contribution in [0.25, 0.3) is 0 Å². The molecule has 0 saturated heterocycles. The van der Waals surface area contributed by atoms with Gasteiger partial charge in [0.1, 0.15) is 16.9 Å². The Morgan fingerprint density at radius 1 is 1.43 bits per heavy atom. The zero-order chi connectivity index (χ0) is 17.6. The summed E-state index contributed by atoms with van der Waals surface area (Å²) in [7, 11) is 1.41. The zero-order valence-corrected chi connectivity index (χ0v) is 14.2. The lowest BCUT2D eigenvalue weighted by molar-refractivity contribution is -0.125. The van der Waals surface area contributed by atoms with Crippen molar-refractivity contribution in [1.29, 1.82) is 5.26 Å². The molecule has 1 N–H and O–H groups in total. The highest BCUT2D eigenvalue weighted by molar-refractivity contribution is 6.31. The van der Waals surface area contributed by atoms with E-state index < -0.39 is 24.0 Å². The molecule has 0 spiro atoms. The molecule has 7 heteroatoms. The Morgan fingerprint density at radius 2 is 2.09 bits per heavy atom. The number of benzene rings is 1. The van der Waals surface area contributed by atoms with Gasteiger partial charge in [-0.25, -0.2) is 4.79 Å². The first-order valence-corrected chi connectivity index (χ1v) is 7.34. The van der Waals surface area contributed by atoms with Gasteiger partial charge in [-0.2, -0.15) is 5.26 Å². The van der Waals surface area contributed by atoms with Gasteiger partial charge in [-0.3, -0.25) is 4.79 Å². The largest absolute Gasteiger partial charge is 0.496 e. The molecule has 0 aromatic heterocycles. The number of ether oxygens (including phenoxy) is 2. The molecule has 23 heavy (non-hydrogen) atoms. The van der Waals surface area contributed by atoms with Gasteiger partial charge in [0, 0.05) is 5.02 Å². The maximum atomic E-state index is 12.0. The fraction of sp³-hybridized carbons (Fsp3) is 0.438. The normalized spacial score (nSPS) is 12.9. The molecule has 0 bridgehead atoms. The molecule has 0 fully saturated rings. The Kier molecular flexibility index (Phi) is 6.40. The van der Waals surface area contributed by atoms with Gasteiger partial charge in [-0.05, 0) is 31.0 Å². The molecule has 0 aliphatic heterocycles. The third-order valence-corrected chi connectivity index (χ3v) is 3.74. The number of esters is 1. The van der Waals surface area contributed by atoms with Gasteiger partial charge in [0.05, 0.1) is 13.2 Å². The number of methoxy groups -OCH3 is 1. The van der Waals surface area contributed by atoms with E-state index in [4.69, 9.17) is 26.3 Å². The van der Waals surface area contributed by atoms with Crippen LogP contribution in [0.5, 0.6) is 5.75 Å². The Balaban J connectivity index is 2.72. The minimum absolute atomic E-state index is 0.0971. The second kappa shape index (κ2) is 7.84. The number of hydrogen-bond donors (Lipinski definition) is 1. The number of nitriles is 1. The number of carbonyl (C=O) groups excluding carboxylic acids is 2. The van der Waals surface area contributed by atoms with E-state index in [1.54, 1.807) is 13.0 Å². The number of halogens is 1. The highest BCUT2D eigenvalue weighted by Crippen LogP contribution is 2.23. The molecular formula is C16H19ClN2O4. The topological polar surface area (TPSA) is 88.4 Å². The number of amides is 1. The molecule has 0 saturated carbocycles. The van der Waals surface area contributed by atoms with E-state index in [0.717, 1.165) is 0 Å². The van der Waals surface area contributed by atoms with Crippen molar-refractivity contribution in [2.24, 2.45) is 5.92 Å². The Bertz CT molecular complexity index is 639. The van der Waals surface area contributed by atoms with Crippen LogP contribution >= 0.6 is 11.6 Å². The first-order chi connectivity index (χ1) is 10.7. The van der Waals surface area contributed by atoms with Gasteiger partial charge in [0.25, 0.3) is 5.91 Å². The van der Waals surface area contributed by atoms with Crippen LogP contribution in [-0.2, 0) is 9.53 Å². The SMILES string of the molecule is COc1ccc(Cl)cc1C(=O)OCC(=O)N[C@](C)(C#N)C(C)C. The van der Waals surface area contributed by atoms with Gasteiger partial charge in [0.2, 0.25) is 0 Å². The number of nitrogens with one attached hydrogen (secondary N) is 1. The summed E-state index contributed by atoms with van der Waals surface area (Å²) in [5.74, 6) is -1.09. The van der Waals surface area contributed by atoms with Crippen molar-refractivity contribution in [3.05, 3.63) is 28.8 Å². The minimum atomic E-state index is -1.03. The van der Waals surface area contributed by atoms with Crippen LogP contribution in [-0.4, -0.2) is 31.1 Å². The maximum absolute atomic E-state index is 12.0. The average molecular weight is 339 g/mol. The molecule has 124 valence electrons. The molecule has 1 amide bonds. The molecule has 0 aliphatic rings. The second-order valence-electron chi connectivity index (χ2n) is 5.44. The number of carbonyl (C=O) groups is 2. The molecule has 6 nitrogen and oxygen atoms in total. The van der Waals surface area contributed by atoms with Crippen molar-refractivity contribution in [1.82, 2.24) is 5.32 Å². The first kappa shape index (κ1) is 18.8. The summed E-state index contributed by atoms with van der Waals surface area (Å²) in [6.07, 6.45) is 0. The van der Waals surface area contributed by atoms with Crippen LogP contribution in [0.3, 0.4) is 0 Å². The number of hydrogen-bond acceptors (Lipinski definition) is 5. The Morgan fingerprint density at radius 3 is 2.61 bits per heavy atom. The molecule has 0 heterocycles. The zero-order valence-electron chi connectivity index (χ0n) is 13.5. The molecule has 0 aliphatic carbocycles. The Hall–Kier alpha value is -2.26. The summed E-state index contributed by atoms with van der Waals surface area (Å²) < 4.78 is 10.0. The van der Waals surface area contributed by atoms with Gasteiger partial charge >= 0.3 is 5.97 Å². The lowest BCUT2D eigenvalue weighted by Crippen LogP contribution is -2.50. The van der Waals surface area contributed by atoms with Crippen molar-refractivity contribution >= 4 is 23.5 Å². The molecule has 1 rings (SSSR count). The van der Waals surface area contributed by atoms with Crippen molar-refractivity contribution in [2.45, 2.75) is 26.3 Å². The fourth-order valence-corrected chi connectivity index (χ4v) is 1.85. The first-order valence-electron chi connectivity index (χ1n) is 6.96. The van der Waals surface area contributed by atoms with Gasteiger partial charge in [-0.1, -0.05) is 25.4 Å². The molecule has 0 radical (unpaired) electrons. The highest BCUT2D eigenvalue weighted by Gasteiger charge is 2.30. The summed E-state index contributed by atoms with van der Waals surface area (Å²) in [4.78, 5) is 23.9. The predicted octanol–water partition coefficient (Wildman–Crippen LogP) is 2.56. The maximum Gasteiger partial charge on any atom is 0.342 e. The lowest BCUT2D eigenvalue weighted by Gasteiger charge is -2.27. The smallest absolute Gasteiger partial charge is 0.342 e. The van der Waals surface area contributed by atoms with E-state index >= 15 is 0 Å². The van der Waals surface area contributed by atoms with Crippen LogP contribution in [0.2, 0.25) is 5.02 Å². The molecule has 1 aromatic rings. The van der Waals surface area contributed by atoms with E-state index in [1.165, 1.54) is 19.2 Å². The van der Waals surface area contributed by atoms with Crippen molar-refractivity contribution < 1.29 is 19.1 Å². The number of nitrogens with zero attached hydrogens (tertiary/aromatic N) is 1. The van der Waals surface area contributed by atoms with Crippen LogP contribution in [0, 0.1) is 17.2 Å². The lowest BCUT2D eigenvalue weighted by atomic mass is 9.90. The van der Waals surface area contributed by atoms with E-state index in [0.29, 0.717) is 10.8 Å². The quantitative estimate of drug-likeness (QED) is 0.805. The van der Waals surface area contributed by atoms with Gasteiger partial charge < -0.3 is 14.8 Å². The molecule has 0 unspecified atom stereocenters. The monoisotopic (exact) mass is 338 g/mol. The van der Waals surface area contributed by atoms with E-state index in [9.17, 15) is 9.59 Å². The van der Waals surface area contributed by atoms with Crippen molar-refractivity contribution in [2.75, 3.05) is 13.7 Å². The van der Waals surface area contributed by atoms with Crippen LogP contribution < -0.4 is 10.1 Å². The summed E-state index contributed by atoms with van der Waals surface area (Å²) in [6, 6.07) is 6.55. The highest BCUT2D eigenvalue weighted by atomic mass is 35.5. The van der Waals surface area contributed by atoms with Gasteiger partial charge in [-0.15, -0.1) is 0 Å². The number of rotatable bonds is 6. The fourth-order valence-electron chi connectivity index (χ4n) is 1.68. The Labute approximate surface area is 140 Å². The van der Waals surface area contributed by atoms with Crippen LogP contribution in [0.4, 0.5) is 0 Å². The summed E-state index contributed by atoms with van der Waals surface area (Å²) in [6.45, 7) is 4.73.